The molecule has 3 saturated heterocycles. The lowest BCUT2D eigenvalue weighted by Crippen LogP contribution is -2.55. The van der Waals surface area contributed by atoms with Crippen molar-refractivity contribution in [2.75, 3.05) is 39.3 Å². The Balaban J connectivity index is 1.31. The van der Waals surface area contributed by atoms with Gasteiger partial charge in [0.15, 0.2) is 0 Å². The number of carbonyl (C=O) groups excluding carboxylic acids is 1. The number of nitrogens with zero attached hydrogens (tertiary/aromatic N) is 2. The molecule has 3 N–H and O–H groups in total. The minimum absolute atomic E-state index is 0.113. The van der Waals surface area contributed by atoms with E-state index in [9.17, 15) is 18.0 Å². The molecule has 6 nitrogen and oxygen atoms in total. The summed E-state index contributed by atoms with van der Waals surface area (Å²) in [6.45, 7) is 4.77. The second-order valence-corrected chi connectivity index (χ2v) is 7.83. The first kappa shape index (κ1) is 19.6. The molecule has 3 heterocycles. The Morgan fingerprint density at radius 3 is 2.68 bits per heavy atom. The third kappa shape index (κ3) is 4.17. The summed E-state index contributed by atoms with van der Waals surface area (Å²) in [6.07, 6.45) is -3.32. The first-order valence-electron chi connectivity index (χ1n) is 9.81. The van der Waals surface area contributed by atoms with Crippen LogP contribution in [0.1, 0.15) is 17.5 Å². The normalized spacial score (nSPS) is 29.0. The lowest BCUT2D eigenvalue weighted by atomic mass is 9.89. The molecule has 0 spiro atoms. The molecule has 0 aromatic heterocycles. The third-order valence-electron chi connectivity index (χ3n) is 5.99. The van der Waals surface area contributed by atoms with Gasteiger partial charge in [-0.1, -0.05) is 18.2 Å². The second kappa shape index (κ2) is 7.98. The van der Waals surface area contributed by atoms with Crippen molar-refractivity contribution in [3.8, 4) is 0 Å². The smallest absolute Gasteiger partial charge is 0.339 e. The highest BCUT2D eigenvalue weighted by Crippen LogP contribution is 2.30. The number of amides is 1. The quantitative estimate of drug-likeness (QED) is 0.705. The zero-order chi connectivity index (χ0) is 19.7. The van der Waals surface area contributed by atoms with Gasteiger partial charge in [-0.2, -0.15) is 13.2 Å². The largest absolute Gasteiger partial charge is 0.416 e. The number of hydrogen-bond acceptors (Lipinski definition) is 5. The molecule has 1 aromatic carbocycles. The Bertz CT molecular complexity index is 705. The number of carbonyl (C=O) groups is 1. The summed E-state index contributed by atoms with van der Waals surface area (Å²) in [6, 6.07) is 5.59. The molecule has 28 heavy (non-hydrogen) atoms. The van der Waals surface area contributed by atoms with Gasteiger partial charge < -0.3 is 10.2 Å². The van der Waals surface area contributed by atoms with E-state index in [1.165, 1.54) is 12.1 Å². The van der Waals surface area contributed by atoms with E-state index in [1.807, 2.05) is 4.90 Å². The van der Waals surface area contributed by atoms with Gasteiger partial charge in [0, 0.05) is 51.2 Å². The summed E-state index contributed by atoms with van der Waals surface area (Å²) in [7, 11) is 0. The molecular weight excluding hydrogens is 371 g/mol. The molecule has 1 amide bonds. The van der Waals surface area contributed by atoms with E-state index in [-0.39, 0.29) is 17.9 Å². The van der Waals surface area contributed by atoms with E-state index >= 15 is 0 Å². The van der Waals surface area contributed by atoms with Gasteiger partial charge in [0.2, 0.25) is 5.91 Å². The van der Waals surface area contributed by atoms with Crippen LogP contribution in [0.3, 0.4) is 0 Å². The van der Waals surface area contributed by atoms with Crippen LogP contribution in [0, 0.1) is 5.92 Å². The van der Waals surface area contributed by atoms with Crippen molar-refractivity contribution >= 4 is 5.91 Å². The van der Waals surface area contributed by atoms with E-state index in [0.717, 1.165) is 25.6 Å². The van der Waals surface area contributed by atoms with Crippen molar-refractivity contribution in [3.63, 3.8) is 0 Å². The van der Waals surface area contributed by atoms with Crippen LogP contribution in [0.5, 0.6) is 0 Å². The lowest BCUT2D eigenvalue weighted by Gasteiger charge is -2.37. The van der Waals surface area contributed by atoms with Crippen molar-refractivity contribution in [1.29, 1.82) is 0 Å². The fourth-order valence-corrected chi connectivity index (χ4v) is 4.39. The van der Waals surface area contributed by atoms with Crippen LogP contribution in [-0.2, 0) is 17.5 Å². The highest BCUT2D eigenvalue weighted by atomic mass is 19.4. The molecular formula is C19H26F3N5O. The van der Waals surface area contributed by atoms with Gasteiger partial charge in [-0.25, -0.2) is 5.43 Å². The van der Waals surface area contributed by atoms with Gasteiger partial charge in [0.25, 0.3) is 0 Å². The maximum absolute atomic E-state index is 12.9. The minimum Gasteiger partial charge on any atom is -0.339 e. The van der Waals surface area contributed by atoms with Crippen LogP contribution in [0.25, 0.3) is 0 Å². The minimum atomic E-state index is -4.32. The molecule has 3 aliphatic rings. The monoisotopic (exact) mass is 397 g/mol. The van der Waals surface area contributed by atoms with Crippen molar-refractivity contribution in [2.24, 2.45) is 5.92 Å². The average molecular weight is 397 g/mol. The summed E-state index contributed by atoms with van der Waals surface area (Å²) in [5.41, 5.74) is 6.44. The average Bonchev–Trinajstić information content (AvgIpc) is 3.12. The molecule has 3 atom stereocenters. The predicted molar refractivity (Wildman–Crippen MR) is 98.1 cm³/mol. The first-order chi connectivity index (χ1) is 13.4. The van der Waals surface area contributed by atoms with Crippen molar-refractivity contribution < 1.29 is 18.0 Å². The fourth-order valence-electron chi connectivity index (χ4n) is 4.39. The molecule has 1 aromatic rings. The van der Waals surface area contributed by atoms with Crippen LogP contribution in [0.2, 0.25) is 0 Å². The highest BCUT2D eigenvalue weighted by Gasteiger charge is 2.43. The summed E-state index contributed by atoms with van der Waals surface area (Å²) in [5, 5.41) is 3.35. The molecule has 9 heteroatoms. The molecule has 3 fully saturated rings. The van der Waals surface area contributed by atoms with Gasteiger partial charge in [-0.3, -0.25) is 15.1 Å². The van der Waals surface area contributed by atoms with Crippen molar-refractivity contribution in [1.82, 2.24) is 26.0 Å². The number of hydrogen-bond donors (Lipinski definition) is 3. The molecule has 3 aliphatic heterocycles. The van der Waals surface area contributed by atoms with Crippen LogP contribution in [0.4, 0.5) is 13.2 Å². The maximum Gasteiger partial charge on any atom is 0.416 e. The Kier molecular flexibility index (Phi) is 5.59. The fraction of sp³-hybridized carbons (Fsp3) is 0.632. The molecule has 0 aliphatic carbocycles. The Labute approximate surface area is 162 Å². The number of hydrazine groups is 1. The summed E-state index contributed by atoms with van der Waals surface area (Å²) < 4.78 is 38.6. The number of fused-ring (bicyclic) bond motifs is 1. The van der Waals surface area contributed by atoms with E-state index in [1.54, 1.807) is 6.07 Å². The van der Waals surface area contributed by atoms with Gasteiger partial charge in [-0.05, 0) is 24.6 Å². The van der Waals surface area contributed by atoms with E-state index in [0.29, 0.717) is 44.3 Å². The van der Waals surface area contributed by atoms with E-state index in [4.69, 9.17) is 0 Å². The third-order valence-corrected chi connectivity index (χ3v) is 5.99. The summed E-state index contributed by atoms with van der Waals surface area (Å²) in [5.74, 6) is 0.367. The predicted octanol–water partition coefficient (Wildman–Crippen LogP) is 0.804. The summed E-state index contributed by atoms with van der Waals surface area (Å²) >= 11 is 0. The Morgan fingerprint density at radius 1 is 1.14 bits per heavy atom. The van der Waals surface area contributed by atoms with Crippen LogP contribution >= 0.6 is 0 Å². The number of halogens is 3. The zero-order valence-electron chi connectivity index (χ0n) is 15.6. The molecule has 0 saturated carbocycles. The molecule has 4 rings (SSSR count). The zero-order valence-corrected chi connectivity index (χ0v) is 15.6. The molecule has 154 valence electrons. The number of piperazine rings is 1. The van der Waals surface area contributed by atoms with Crippen LogP contribution in [-0.4, -0.2) is 67.1 Å². The molecule has 0 radical (unpaired) electrons. The van der Waals surface area contributed by atoms with Crippen LogP contribution in [0.15, 0.2) is 24.3 Å². The van der Waals surface area contributed by atoms with Crippen LogP contribution < -0.4 is 16.2 Å². The number of benzene rings is 1. The van der Waals surface area contributed by atoms with Crippen molar-refractivity contribution in [3.05, 3.63) is 35.4 Å². The molecule has 0 bridgehead atoms. The van der Waals surface area contributed by atoms with Gasteiger partial charge >= 0.3 is 6.18 Å². The number of piperidine rings is 1. The van der Waals surface area contributed by atoms with Crippen molar-refractivity contribution in [2.45, 2.75) is 31.2 Å². The SMILES string of the molecule is O=C(C1NNC2CCNCC21)N1CCN(Cc2cccc(C(F)(F)F)c2)CC1. The molecule has 3 unspecified atom stereocenters. The van der Waals surface area contributed by atoms with E-state index in [2.05, 4.69) is 21.1 Å². The number of alkyl halides is 3. The number of rotatable bonds is 3. The van der Waals surface area contributed by atoms with Gasteiger partial charge in [0.05, 0.1) is 5.56 Å². The Hall–Kier alpha value is -1.68. The number of nitrogens with one attached hydrogen (secondary N) is 3. The standard InChI is InChI=1S/C19H26F3N5O/c20-19(21,22)14-3-1-2-13(10-14)12-26-6-8-27(9-7-26)18(28)17-15-11-23-5-4-16(15)24-25-17/h1-3,10,15-17,23-25H,4-9,11-12H2. The summed E-state index contributed by atoms with van der Waals surface area (Å²) in [4.78, 5) is 16.9. The van der Waals surface area contributed by atoms with Gasteiger partial charge in [0.1, 0.15) is 6.04 Å². The Morgan fingerprint density at radius 2 is 1.93 bits per heavy atom. The topological polar surface area (TPSA) is 59.6 Å². The highest BCUT2D eigenvalue weighted by molar-refractivity contribution is 5.82. The first-order valence-corrected chi connectivity index (χ1v) is 9.81. The second-order valence-electron chi connectivity index (χ2n) is 7.83. The lowest BCUT2D eigenvalue weighted by molar-refractivity contribution is -0.138. The van der Waals surface area contributed by atoms with Gasteiger partial charge in [-0.15, -0.1) is 0 Å². The van der Waals surface area contributed by atoms with E-state index < -0.39 is 11.7 Å². The maximum atomic E-state index is 12.9.